The summed E-state index contributed by atoms with van der Waals surface area (Å²) in [7, 11) is 3.91. The Balaban J connectivity index is 1.74. The second kappa shape index (κ2) is 10.1. The largest absolute Gasteiger partial charge is 0.487 e. The predicted molar refractivity (Wildman–Crippen MR) is 113 cm³/mol. The number of carbonyl (C=O) groups is 1. The number of nitrogens with zero attached hydrogens (tertiary/aromatic N) is 3. The van der Waals surface area contributed by atoms with Gasteiger partial charge in [-0.1, -0.05) is 18.2 Å². The molecule has 5 nitrogen and oxygen atoms in total. The van der Waals surface area contributed by atoms with Crippen molar-refractivity contribution in [3.63, 3.8) is 0 Å². The van der Waals surface area contributed by atoms with Crippen LogP contribution in [0.1, 0.15) is 21.6 Å². The van der Waals surface area contributed by atoms with E-state index in [4.69, 9.17) is 4.74 Å². The number of halogens is 1. The number of benzene rings is 2. The van der Waals surface area contributed by atoms with E-state index in [2.05, 4.69) is 4.98 Å². The van der Waals surface area contributed by atoms with E-state index in [-0.39, 0.29) is 11.7 Å². The minimum Gasteiger partial charge on any atom is -0.487 e. The first kappa shape index (κ1) is 21.0. The minimum absolute atomic E-state index is 0.116. The Morgan fingerprint density at radius 2 is 1.97 bits per heavy atom. The molecule has 0 bridgehead atoms. The van der Waals surface area contributed by atoms with Crippen LogP contribution in [-0.4, -0.2) is 47.9 Å². The molecule has 0 saturated heterocycles. The van der Waals surface area contributed by atoms with Crippen LogP contribution in [0.3, 0.4) is 0 Å². The van der Waals surface area contributed by atoms with Gasteiger partial charge in [-0.05, 0) is 50.0 Å². The third-order valence-corrected chi connectivity index (χ3v) is 4.95. The van der Waals surface area contributed by atoms with Gasteiger partial charge in [0.1, 0.15) is 18.2 Å². The van der Waals surface area contributed by atoms with E-state index in [0.717, 1.165) is 11.3 Å². The van der Waals surface area contributed by atoms with E-state index in [1.165, 1.54) is 23.5 Å². The zero-order valence-corrected chi connectivity index (χ0v) is 17.4. The van der Waals surface area contributed by atoms with Crippen LogP contribution in [0.15, 0.2) is 59.4 Å². The highest BCUT2D eigenvalue weighted by atomic mass is 32.1. The minimum atomic E-state index is -0.306. The van der Waals surface area contributed by atoms with Crippen molar-refractivity contribution in [1.82, 2.24) is 14.8 Å². The van der Waals surface area contributed by atoms with E-state index >= 15 is 0 Å². The van der Waals surface area contributed by atoms with Crippen LogP contribution in [0.4, 0.5) is 4.39 Å². The third-order valence-electron chi connectivity index (χ3n) is 4.32. The van der Waals surface area contributed by atoms with Crippen molar-refractivity contribution < 1.29 is 13.9 Å². The van der Waals surface area contributed by atoms with Crippen LogP contribution in [-0.2, 0) is 13.2 Å². The molecule has 29 heavy (non-hydrogen) atoms. The monoisotopic (exact) mass is 413 g/mol. The highest BCUT2D eigenvalue weighted by molar-refractivity contribution is 7.07. The summed E-state index contributed by atoms with van der Waals surface area (Å²) in [6.07, 6.45) is 0. The summed E-state index contributed by atoms with van der Waals surface area (Å²) in [4.78, 5) is 21.1. The van der Waals surface area contributed by atoms with Crippen molar-refractivity contribution in [2.75, 3.05) is 27.2 Å². The predicted octanol–water partition coefficient (Wildman–Crippen LogP) is 4.07. The molecule has 0 aliphatic carbocycles. The fraction of sp³-hybridized carbons (Fsp3) is 0.273. The first-order valence-electron chi connectivity index (χ1n) is 9.29. The van der Waals surface area contributed by atoms with Gasteiger partial charge in [0.2, 0.25) is 0 Å². The fourth-order valence-electron chi connectivity index (χ4n) is 2.80. The Hall–Kier alpha value is -2.77. The van der Waals surface area contributed by atoms with Gasteiger partial charge in [0, 0.05) is 30.6 Å². The molecule has 3 aromatic rings. The average molecular weight is 414 g/mol. The van der Waals surface area contributed by atoms with Crippen molar-refractivity contribution in [3.8, 4) is 5.75 Å². The van der Waals surface area contributed by atoms with Crippen molar-refractivity contribution in [3.05, 3.63) is 82.1 Å². The highest BCUT2D eigenvalue weighted by Crippen LogP contribution is 2.18. The number of ether oxygens (including phenoxy) is 1. The second-order valence-corrected chi connectivity index (χ2v) is 7.67. The topological polar surface area (TPSA) is 45.7 Å². The lowest BCUT2D eigenvalue weighted by atomic mass is 10.1. The first-order chi connectivity index (χ1) is 14.0. The summed E-state index contributed by atoms with van der Waals surface area (Å²) in [5.41, 5.74) is 3.91. The lowest BCUT2D eigenvalue weighted by molar-refractivity contribution is 0.0731. The molecule has 0 saturated carbocycles. The third kappa shape index (κ3) is 6.37. The number of rotatable bonds is 9. The summed E-state index contributed by atoms with van der Waals surface area (Å²) < 4.78 is 19.3. The van der Waals surface area contributed by atoms with E-state index in [1.54, 1.807) is 34.7 Å². The van der Waals surface area contributed by atoms with Crippen LogP contribution < -0.4 is 4.74 Å². The number of hydrogen-bond acceptors (Lipinski definition) is 5. The smallest absolute Gasteiger partial charge is 0.254 e. The molecule has 0 N–H and O–H groups in total. The average Bonchev–Trinajstić information content (AvgIpc) is 3.23. The molecule has 0 aliphatic rings. The molecule has 152 valence electrons. The molecule has 0 unspecified atom stereocenters. The zero-order valence-electron chi connectivity index (χ0n) is 16.5. The van der Waals surface area contributed by atoms with Gasteiger partial charge in [0.15, 0.2) is 0 Å². The number of thiazole rings is 1. The molecule has 3 rings (SSSR count). The van der Waals surface area contributed by atoms with Crippen LogP contribution in [0.25, 0.3) is 0 Å². The molecule has 1 amide bonds. The molecule has 0 fully saturated rings. The van der Waals surface area contributed by atoms with Gasteiger partial charge >= 0.3 is 0 Å². The van der Waals surface area contributed by atoms with Crippen LogP contribution in [0.5, 0.6) is 5.75 Å². The Bertz CT molecular complexity index is 931. The summed E-state index contributed by atoms with van der Waals surface area (Å²) in [6.45, 7) is 1.94. The van der Waals surface area contributed by atoms with E-state index in [0.29, 0.717) is 37.6 Å². The number of aromatic nitrogens is 1. The van der Waals surface area contributed by atoms with Gasteiger partial charge in [-0.3, -0.25) is 4.79 Å². The number of likely N-dealkylation sites (N-methyl/N-ethyl adjacent to an activating group) is 1. The van der Waals surface area contributed by atoms with Gasteiger partial charge in [-0.2, -0.15) is 0 Å². The van der Waals surface area contributed by atoms with Gasteiger partial charge in [0.25, 0.3) is 5.91 Å². The molecular formula is C22H24FN3O2S. The van der Waals surface area contributed by atoms with Crippen molar-refractivity contribution in [2.24, 2.45) is 0 Å². The summed E-state index contributed by atoms with van der Waals surface area (Å²) in [6, 6.07) is 13.5. The Kier molecular flexibility index (Phi) is 7.32. The molecule has 7 heteroatoms. The van der Waals surface area contributed by atoms with Crippen LogP contribution in [0, 0.1) is 5.82 Å². The van der Waals surface area contributed by atoms with E-state index < -0.39 is 0 Å². The van der Waals surface area contributed by atoms with E-state index in [1.807, 2.05) is 36.5 Å². The van der Waals surface area contributed by atoms with Crippen molar-refractivity contribution >= 4 is 17.2 Å². The lowest BCUT2D eigenvalue weighted by Gasteiger charge is -2.25. The van der Waals surface area contributed by atoms with Gasteiger partial charge in [0.05, 0.1) is 11.2 Å². The maximum absolute atomic E-state index is 13.6. The van der Waals surface area contributed by atoms with Crippen molar-refractivity contribution in [1.29, 1.82) is 0 Å². The number of carbonyl (C=O) groups excluding carboxylic acids is 1. The normalized spacial score (nSPS) is 10.9. The molecule has 0 radical (unpaired) electrons. The highest BCUT2D eigenvalue weighted by Gasteiger charge is 2.17. The summed E-state index contributed by atoms with van der Waals surface area (Å²) >= 11 is 1.51. The maximum Gasteiger partial charge on any atom is 0.254 e. The second-order valence-electron chi connectivity index (χ2n) is 6.96. The van der Waals surface area contributed by atoms with Crippen molar-refractivity contribution in [2.45, 2.75) is 13.2 Å². The first-order valence-corrected chi connectivity index (χ1v) is 10.2. The van der Waals surface area contributed by atoms with Gasteiger partial charge in [-0.25, -0.2) is 9.37 Å². The zero-order chi connectivity index (χ0) is 20.6. The number of amides is 1. The Labute approximate surface area is 174 Å². The quantitative estimate of drug-likeness (QED) is 0.531. The molecule has 1 heterocycles. The van der Waals surface area contributed by atoms with Gasteiger partial charge in [-0.15, -0.1) is 11.3 Å². The van der Waals surface area contributed by atoms with Crippen LogP contribution in [0.2, 0.25) is 0 Å². The maximum atomic E-state index is 13.6. The fourth-order valence-corrected chi connectivity index (χ4v) is 3.34. The molecule has 1 aromatic heterocycles. The summed E-state index contributed by atoms with van der Waals surface area (Å²) in [5, 5.41) is 1.93. The molecular weight excluding hydrogens is 389 g/mol. The molecule has 2 aromatic carbocycles. The molecule has 0 aliphatic heterocycles. The molecule has 0 spiro atoms. The SMILES string of the molecule is CN(C)CCN(Cc1cccc(F)c1)C(=O)c1cccc(OCc2cscn2)c1. The Morgan fingerprint density at radius 1 is 1.14 bits per heavy atom. The Morgan fingerprint density at radius 3 is 2.69 bits per heavy atom. The van der Waals surface area contributed by atoms with Crippen LogP contribution >= 0.6 is 11.3 Å². The number of hydrogen-bond donors (Lipinski definition) is 0. The van der Waals surface area contributed by atoms with E-state index in [9.17, 15) is 9.18 Å². The standard InChI is InChI=1S/C22H24FN3O2S/c1-25(2)9-10-26(13-17-5-3-7-19(23)11-17)22(27)18-6-4-8-21(12-18)28-14-20-15-29-16-24-20/h3-8,11-12,15-16H,9-10,13-14H2,1-2H3. The molecule has 0 atom stereocenters. The lowest BCUT2D eigenvalue weighted by Crippen LogP contribution is -2.36. The summed E-state index contributed by atoms with van der Waals surface area (Å²) in [5.74, 6) is 0.192. The van der Waals surface area contributed by atoms with Gasteiger partial charge < -0.3 is 14.5 Å².